The van der Waals surface area contributed by atoms with Gasteiger partial charge in [0.1, 0.15) is 17.1 Å². The van der Waals surface area contributed by atoms with Crippen molar-refractivity contribution in [3.05, 3.63) is 23.8 Å². The van der Waals surface area contributed by atoms with Gasteiger partial charge in [0.2, 0.25) is 0 Å². The van der Waals surface area contributed by atoms with Crippen molar-refractivity contribution >= 4 is 0 Å². The van der Waals surface area contributed by atoms with Crippen LogP contribution >= 0.6 is 0 Å². The molecule has 4 heteroatoms. The lowest BCUT2D eigenvalue weighted by molar-refractivity contribution is 0.00782. The highest BCUT2D eigenvalue weighted by Gasteiger charge is 2.40. The zero-order chi connectivity index (χ0) is 12.6. The summed E-state index contributed by atoms with van der Waals surface area (Å²) in [4.78, 5) is 0. The first kappa shape index (κ1) is 11.8. The summed E-state index contributed by atoms with van der Waals surface area (Å²) in [5.41, 5.74) is 7.32. The molecule has 1 fully saturated rings. The molecule has 2 aliphatic rings. The molecule has 4 nitrogen and oxygen atoms in total. The standard InChI is InChI=1S/C14H20N2O2/c1-17-10-2-3-13-11(8-10)12(15)9-14(18-13)4-6-16-7-5-14/h2-3,8,12,16H,4-7,9,15H2,1H3/t12-/m0/s1. The molecule has 0 aliphatic carbocycles. The average Bonchev–Trinajstić information content (AvgIpc) is 2.39. The molecule has 1 aromatic rings. The van der Waals surface area contributed by atoms with Crippen molar-refractivity contribution in [2.24, 2.45) is 5.73 Å². The van der Waals surface area contributed by atoms with E-state index in [0.29, 0.717) is 0 Å². The van der Waals surface area contributed by atoms with Crippen LogP contribution < -0.4 is 20.5 Å². The number of methoxy groups -OCH3 is 1. The molecule has 0 amide bonds. The zero-order valence-corrected chi connectivity index (χ0v) is 10.7. The molecule has 1 saturated heterocycles. The lowest BCUT2D eigenvalue weighted by atomic mass is 9.81. The Morgan fingerprint density at radius 2 is 2.17 bits per heavy atom. The Labute approximate surface area is 107 Å². The second-order valence-electron chi connectivity index (χ2n) is 5.25. The summed E-state index contributed by atoms with van der Waals surface area (Å²) < 4.78 is 11.5. The lowest BCUT2D eigenvalue weighted by Crippen LogP contribution is -2.50. The van der Waals surface area contributed by atoms with Crippen LogP contribution in [-0.4, -0.2) is 25.8 Å². The summed E-state index contributed by atoms with van der Waals surface area (Å²) in [6.07, 6.45) is 2.97. The number of fused-ring (bicyclic) bond motifs is 1. The summed E-state index contributed by atoms with van der Waals surface area (Å²) >= 11 is 0. The first-order valence-corrected chi connectivity index (χ1v) is 6.56. The van der Waals surface area contributed by atoms with Crippen molar-refractivity contribution in [2.45, 2.75) is 30.9 Å². The van der Waals surface area contributed by atoms with Gasteiger partial charge in [-0.25, -0.2) is 0 Å². The largest absolute Gasteiger partial charge is 0.497 e. The lowest BCUT2D eigenvalue weighted by Gasteiger charge is -2.43. The summed E-state index contributed by atoms with van der Waals surface area (Å²) in [6, 6.07) is 5.96. The molecule has 1 atom stereocenters. The predicted octanol–water partition coefficient (Wildman–Crippen LogP) is 1.60. The Balaban J connectivity index is 1.92. The van der Waals surface area contributed by atoms with Gasteiger partial charge in [0, 0.05) is 18.0 Å². The molecule has 1 spiro atoms. The molecule has 3 N–H and O–H groups in total. The molecule has 0 saturated carbocycles. The van der Waals surface area contributed by atoms with E-state index in [-0.39, 0.29) is 11.6 Å². The van der Waals surface area contributed by atoms with Gasteiger partial charge in [-0.2, -0.15) is 0 Å². The van der Waals surface area contributed by atoms with Crippen LogP contribution in [-0.2, 0) is 0 Å². The molecule has 0 radical (unpaired) electrons. The van der Waals surface area contributed by atoms with Crippen molar-refractivity contribution in [3.8, 4) is 11.5 Å². The monoisotopic (exact) mass is 248 g/mol. The number of rotatable bonds is 1. The maximum absolute atomic E-state index is 6.32. The van der Waals surface area contributed by atoms with Crippen LogP contribution in [0.3, 0.4) is 0 Å². The van der Waals surface area contributed by atoms with Gasteiger partial charge in [-0.3, -0.25) is 0 Å². The van der Waals surface area contributed by atoms with Crippen molar-refractivity contribution in [2.75, 3.05) is 20.2 Å². The third kappa shape index (κ3) is 1.95. The molecular formula is C14H20N2O2. The van der Waals surface area contributed by atoms with Crippen molar-refractivity contribution in [1.29, 1.82) is 0 Å². The molecule has 2 aliphatic heterocycles. The van der Waals surface area contributed by atoms with Crippen LogP contribution in [0.5, 0.6) is 11.5 Å². The smallest absolute Gasteiger partial charge is 0.125 e. The molecule has 0 aromatic heterocycles. The van der Waals surface area contributed by atoms with E-state index in [2.05, 4.69) is 5.32 Å². The molecule has 98 valence electrons. The van der Waals surface area contributed by atoms with E-state index in [1.54, 1.807) is 7.11 Å². The van der Waals surface area contributed by atoms with Gasteiger partial charge < -0.3 is 20.5 Å². The van der Waals surface area contributed by atoms with Crippen LogP contribution in [0.1, 0.15) is 30.9 Å². The highest BCUT2D eigenvalue weighted by atomic mass is 16.5. The number of hydrogen-bond acceptors (Lipinski definition) is 4. The zero-order valence-electron chi connectivity index (χ0n) is 10.7. The molecule has 0 unspecified atom stereocenters. The molecule has 3 rings (SSSR count). The SMILES string of the molecule is COc1ccc2c(c1)[C@@H](N)CC1(CCNCC1)O2. The van der Waals surface area contributed by atoms with Gasteiger partial charge in [-0.15, -0.1) is 0 Å². The minimum atomic E-state index is -0.0632. The van der Waals surface area contributed by atoms with Crippen molar-refractivity contribution in [3.63, 3.8) is 0 Å². The third-order valence-corrected chi connectivity index (χ3v) is 4.05. The van der Waals surface area contributed by atoms with E-state index in [9.17, 15) is 0 Å². The van der Waals surface area contributed by atoms with Gasteiger partial charge in [0.15, 0.2) is 0 Å². The Hall–Kier alpha value is -1.26. The van der Waals surface area contributed by atoms with Crippen LogP contribution in [0.2, 0.25) is 0 Å². The Bertz CT molecular complexity index is 441. The Morgan fingerprint density at radius 3 is 2.89 bits per heavy atom. The molecule has 18 heavy (non-hydrogen) atoms. The fourth-order valence-corrected chi connectivity index (χ4v) is 3.01. The maximum atomic E-state index is 6.32. The molecular weight excluding hydrogens is 228 g/mol. The van der Waals surface area contributed by atoms with E-state index >= 15 is 0 Å². The average molecular weight is 248 g/mol. The van der Waals surface area contributed by atoms with Gasteiger partial charge in [-0.05, 0) is 44.1 Å². The first-order chi connectivity index (χ1) is 8.72. The topological polar surface area (TPSA) is 56.5 Å². The van der Waals surface area contributed by atoms with E-state index < -0.39 is 0 Å². The molecule has 2 heterocycles. The highest BCUT2D eigenvalue weighted by molar-refractivity contribution is 5.44. The predicted molar refractivity (Wildman–Crippen MR) is 70.0 cm³/mol. The van der Waals surface area contributed by atoms with Crippen molar-refractivity contribution in [1.82, 2.24) is 5.32 Å². The quantitative estimate of drug-likeness (QED) is 0.792. The van der Waals surface area contributed by atoms with Crippen molar-refractivity contribution < 1.29 is 9.47 Å². The number of hydrogen-bond donors (Lipinski definition) is 2. The van der Waals surface area contributed by atoms with Gasteiger partial charge in [0.05, 0.1) is 7.11 Å². The second-order valence-corrected chi connectivity index (χ2v) is 5.25. The van der Waals surface area contributed by atoms with Crippen LogP contribution in [0, 0.1) is 0 Å². The van der Waals surface area contributed by atoms with Gasteiger partial charge in [0.25, 0.3) is 0 Å². The summed E-state index contributed by atoms with van der Waals surface area (Å²) in [6.45, 7) is 2.02. The fourth-order valence-electron chi connectivity index (χ4n) is 3.01. The fraction of sp³-hybridized carbons (Fsp3) is 0.571. The normalized spacial score (nSPS) is 25.3. The van der Waals surface area contributed by atoms with Crippen LogP contribution in [0.4, 0.5) is 0 Å². The van der Waals surface area contributed by atoms with E-state index in [1.807, 2.05) is 18.2 Å². The maximum Gasteiger partial charge on any atom is 0.125 e. The van der Waals surface area contributed by atoms with E-state index in [4.69, 9.17) is 15.2 Å². The van der Waals surface area contributed by atoms with Gasteiger partial charge in [-0.1, -0.05) is 0 Å². The summed E-state index contributed by atoms with van der Waals surface area (Å²) in [5.74, 6) is 1.77. The summed E-state index contributed by atoms with van der Waals surface area (Å²) in [5, 5.41) is 3.37. The van der Waals surface area contributed by atoms with Crippen LogP contribution in [0.15, 0.2) is 18.2 Å². The summed E-state index contributed by atoms with van der Waals surface area (Å²) in [7, 11) is 1.67. The van der Waals surface area contributed by atoms with Gasteiger partial charge >= 0.3 is 0 Å². The first-order valence-electron chi connectivity index (χ1n) is 6.56. The Kier molecular flexibility index (Phi) is 2.92. The van der Waals surface area contributed by atoms with Crippen LogP contribution in [0.25, 0.3) is 0 Å². The number of nitrogens with one attached hydrogen (secondary N) is 1. The third-order valence-electron chi connectivity index (χ3n) is 4.05. The minimum Gasteiger partial charge on any atom is -0.497 e. The Morgan fingerprint density at radius 1 is 1.39 bits per heavy atom. The number of ether oxygens (including phenoxy) is 2. The number of benzene rings is 1. The number of piperidine rings is 1. The highest BCUT2D eigenvalue weighted by Crippen LogP contribution is 2.43. The molecule has 0 bridgehead atoms. The molecule has 1 aromatic carbocycles. The van der Waals surface area contributed by atoms with E-state index in [1.165, 1.54) is 0 Å². The van der Waals surface area contributed by atoms with E-state index in [0.717, 1.165) is 49.4 Å². The number of nitrogens with two attached hydrogens (primary N) is 1. The minimum absolute atomic E-state index is 0.0435. The second kappa shape index (κ2) is 4.44.